The molecule has 0 saturated heterocycles. The molecule has 4 nitrogen and oxygen atoms in total. The van der Waals surface area contributed by atoms with E-state index in [0.29, 0.717) is 0 Å². The zero-order valence-electron chi connectivity index (χ0n) is 8.82. The molecule has 0 aromatic heterocycles. The van der Waals surface area contributed by atoms with Crippen LogP contribution < -0.4 is 5.32 Å². The second-order valence-corrected chi connectivity index (χ2v) is 4.85. The molecule has 0 aromatic carbocycles. The average Bonchev–Trinajstić information content (AvgIpc) is 2.63. The monoisotopic (exact) mass is 231 g/mol. The molecule has 0 aliphatic heterocycles. The van der Waals surface area contributed by atoms with Gasteiger partial charge in [0, 0.05) is 0 Å². The number of rotatable bonds is 5. The Morgan fingerprint density at radius 3 is 2.40 bits per heavy atom. The van der Waals surface area contributed by atoms with Crippen molar-refractivity contribution in [2.24, 2.45) is 0 Å². The lowest BCUT2D eigenvalue weighted by atomic mass is 9.90. The first-order valence-electron chi connectivity index (χ1n) is 5.17. The third-order valence-corrected chi connectivity index (χ3v) is 3.12. The summed E-state index contributed by atoms with van der Waals surface area (Å²) in [4.78, 5) is 22.4. The molecule has 0 radical (unpaired) electrons. The molecule has 0 aromatic rings. The topological polar surface area (TPSA) is 66.4 Å². The van der Waals surface area contributed by atoms with E-state index in [1.54, 1.807) is 6.92 Å². The highest BCUT2D eigenvalue weighted by Gasteiger charge is 2.41. The lowest BCUT2D eigenvalue weighted by molar-refractivity contribution is -0.136. The first kappa shape index (κ1) is 12.5. The molecular weight excluding hydrogens is 214 g/mol. The molecule has 1 saturated carbocycles. The van der Waals surface area contributed by atoms with Gasteiger partial charge in [-0.15, -0.1) is 0 Å². The lowest BCUT2D eigenvalue weighted by Crippen LogP contribution is -2.53. The van der Waals surface area contributed by atoms with Crippen molar-refractivity contribution < 1.29 is 14.7 Å². The van der Waals surface area contributed by atoms with Gasteiger partial charge in [0.25, 0.3) is 0 Å². The van der Waals surface area contributed by atoms with E-state index in [1.807, 2.05) is 0 Å². The molecular formula is C10H17NO3S. The van der Waals surface area contributed by atoms with Crippen LogP contribution in [0.2, 0.25) is 0 Å². The number of carboxylic acid groups (broad SMARTS) is 1. The summed E-state index contributed by atoms with van der Waals surface area (Å²) < 4.78 is 0. The van der Waals surface area contributed by atoms with Gasteiger partial charge in [-0.1, -0.05) is 12.8 Å². The minimum absolute atomic E-state index is 0.0181. The van der Waals surface area contributed by atoms with E-state index in [1.165, 1.54) is 0 Å². The smallest absolute Gasteiger partial charge is 0.317 e. The first-order valence-corrected chi connectivity index (χ1v) is 5.69. The molecule has 1 rings (SSSR count). The number of nitrogens with one attached hydrogen (secondary N) is 1. The van der Waals surface area contributed by atoms with Crippen molar-refractivity contribution in [3.63, 3.8) is 0 Å². The quantitative estimate of drug-likeness (QED) is 0.614. The molecule has 86 valence electrons. The van der Waals surface area contributed by atoms with Gasteiger partial charge in [-0.05, 0) is 19.8 Å². The van der Waals surface area contributed by atoms with Gasteiger partial charge in [-0.3, -0.25) is 14.9 Å². The van der Waals surface area contributed by atoms with E-state index in [-0.39, 0.29) is 17.6 Å². The number of Topliss-reactive ketones (excluding diaryl/α,β-unsaturated/α-hetero) is 1. The van der Waals surface area contributed by atoms with E-state index < -0.39 is 11.5 Å². The van der Waals surface area contributed by atoms with Crippen molar-refractivity contribution in [1.82, 2.24) is 5.32 Å². The van der Waals surface area contributed by atoms with Crippen molar-refractivity contribution in [1.29, 1.82) is 0 Å². The Labute approximate surface area is 94.8 Å². The molecule has 0 bridgehead atoms. The fourth-order valence-electron chi connectivity index (χ4n) is 2.13. The Hall–Kier alpha value is -0.550. The maximum absolute atomic E-state index is 11.9. The third kappa shape index (κ3) is 2.95. The maximum atomic E-state index is 11.9. The summed E-state index contributed by atoms with van der Waals surface area (Å²) in [6, 6.07) is 0. The number of hydrogen-bond donors (Lipinski definition) is 3. The molecule has 0 heterocycles. The van der Waals surface area contributed by atoms with Crippen LogP contribution in [0, 0.1) is 0 Å². The number of thiol groups is 1. The SMILES string of the molecule is CC(S)C(=O)C1(NCC(=O)O)CCCC1. The van der Waals surface area contributed by atoms with Crippen LogP contribution in [0.5, 0.6) is 0 Å². The number of ketones is 1. The van der Waals surface area contributed by atoms with Gasteiger partial charge in [0.05, 0.1) is 17.3 Å². The van der Waals surface area contributed by atoms with E-state index in [0.717, 1.165) is 25.7 Å². The predicted octanol–water partition coefficient (Wildman–Crippen LogP) is 0.861. The zero-order chi connectivity index (χ0) is 11.5. The van der Waals surface area contributed by atoms with E-state index in [9.17, 15) is 9.59 Å². The summed E-state index contributed by atoms with van der Waals surface area (Å²) in [6.45, 7) is 1.57. The minimum Gasteiger partial charge on any atom is -0.480 e. The molecule has 1 atom stereocenters. The lowest BCUT2D eigenvalue weighted by Gasteiger charge is -2.29. The van der Waals surface area contributed by atoms with Crippen LogP contribution in [0.3, 0.4) is 0 Å². The number of carbonyl (C=O) groups is 2. The normalized spacial score (nSPS) is 21.2. The van der Waals surface area contributed by atoms with E-state index in [4.69, 9.17) is 5.11 Å². The van der Waals surface area contributed by atoms with Crippen LogP contribution in [0.1, 0.15) is 32.6 Å². The summed E-state index contributed by atoms with van der Waals surface area (Å²) >= 11 is 4.13. The highest BCUT2D eigenvalue weighted by molar-refractivity contribution is 7.81. The van der Waals surface area contributed by atoms with Crippen molar-refractivity contribution in [3.8, 4) is 0 Å². The predicted molar refractivity (Wildman–Crippen MR) is 60.3 cm³/mol. The first-order chi connectivity index (χ1) is 6.98. The van der Waals surface area contributed by atoms with Crippen molar-refractivity contribution in [3.05, 3.63) is 0 Å². The molecule has 0 spiro atoms. The molecule has 5 heteroatoms. The third-order valence-electron chi connectivity index (χ3n) is 2.89. The number of hydrogen-bond acceptors (Lipinski definition) is 4. The average molecular weight is 231 g/mol. The van der Waals surface area contributed by atoms with Crippen LogP contribution >= 0.6 is 12.6 Å². The highest BCUT2D eigenvalue weighted by Crippen LogP contribution is 2.32. The van der Waals surface area contributed by atoms with E-state index in [2.05, 4.69) is 17.9 Å². The van der Waals surface area contributed by atoms with Crippen LogP contribution in [-0.4, -0.2) is 34.2 Å². The Morgan fingerprint density at radius 1 is 1.47 bits per heavy atom. The largest absolute Gasteiger partial charge is 0.480 e. The molecule has 0 amide bonds. The molecule has 1 aliphatic carbocycles. The fourth-order valence-corrected chi connectivity index (χ4v) is 2.38. The second kappa shape index (κ2) is 4.99. The fraction of sp³-hybridized carbons (Fsp3) is 0.800. The number of carboxylic acids is 1. The summed E-state index contributed by atoms with van der Waals surface area (Å²) in [5.41, 5.74) is -0.639. The summed E-state index contributed by atoms with van der Waals surface area (Å²) in [5, 5.41) is 11.2. The Bertz CT molecular complexity index is 259. The number of aliphatic carboxylic acids is 1. The zero-order valence-corrected chi connectivity index (χ0v) is 9.72. The molecule has 2 N–H and O–H groups in total. The summed E-state index contributed by atoms with van der Waals surface area (Å²) in [7, 11) is 0. The van der Waals surface area contributed by atoms with Crippen LogP contribution in [0.4, 0.5) is 0 Å². The molecule has 1 unspecified atom stereocenters. The van der Waals surface area contributed by atoms with Gasteiger partial charge in [-0.2, -0.15) is 12.6 Å². The van der Waals surface area contributed by atoms with Gasteiger partial charge in [0.2, 0.25) is 0 Å². The second-order valence-electron chi connectivity index (χ2n) is 4.08. The van der Waals surface area contributed by atoms with Gasteiger partial charge in [0.15, 0.2) is 5.78 Å². The Kier molecular flexibility index (Phi) is 4.16. The molecule has 1 aliphatic rings. The van der Waals surface area contributed by atoms with Crippen LogP contribution in [-0.2, 0) is 9.59 Å². The molecule has 1 fully saturated rings. The van der Waals surface area contributed by atoms with E-state index >= 15 is 0 Å². The molecule has 15 heavy (non-hydrogen) atoms. The standard InChI is InChI=1S/C10H17NO3S/c1-7(15)9(14)10(4-2-3-5-10)11-6-8(12)13/h7,11,15H,2-6H2,1H3,(H,12,13). The van der Waals surface area contributed by atoms with Crippen LogP contribution in [0.25, 0.3) is 0 Å². The Morgan fingerprint density at radius 2 is 2.00 bits per heavy atom. The van der Waals surface area contributed by atoms with Crippen molar-refractivity contribution >= 4 is 24.4 Å². The summed E-state index contributed by atoms with van der Waals surface area (Å²) in [6.07, 6.45) is 3.39. The highest BCUT2D eigenvalue weighted by atomic mass is 32.1. The van der Waals surface area contributed by atoms with Gasteiger partial charge in [0.1, 0.15) is 0 Å². The Balaban J connectivity index is 2.70. The van der Waals surface area contributed by atoms with Crippen LogP contribution in [0.15, 0.2) is 0 Å². The summed E-state index contributed by atoms with van der Waals surface area (Å²) in [5.74, 6) is -0.912. The van der Waals surface area contributed by atoms with Gasteiger partial charge >= 0.3 is 5.97 Å². The van der Waals surface area contributed by atoms with Gasteiger partial charge < -0.3 is 5.11 Å². The van der Waals surface area contributed by atoms with Crippen molar-refractivity contribution in [2.45, 2.75) is 43.4 Å². The number of carbonyl (C=O) groups excluding carboxylic acids is 1. The van der Waals surface area contributed by atoms with Crippen molar-refractivity contribution in [2.75, 3.05) is 6.54 Å². The maximum Gasteiger partial charge on any atom is 0.317 e. The van der Waals surface area contributed by atoms with Gasteiger partial charge in [-0.25, -0.2) is 0 Å². The minimum atomic E-state index is -0.930.